The molecule has 0 spiro atoms. The van der Waals surface area contributed by atoms with Gasteiger partial charge in [0, 0.05) is 5.56 Å². The first kappa shape index (κ1) is 13.3. The molecule has 3 nitrogen and oxygen atoms in total. The van der Waals surface area contributed by atoms with Crippen LogP contribution in [0.25, 0.3) is 4.85 Å². The molecule has 0 aliphatic carbocycles. The minimum Gasteiger partial charge on any atom is -0.312 e. The van der Waals surface area contributed by atoms with Crippen molar-refractivity contribution in [3.8, 4) is 0 Å². The van der Waals surface area contributed by atoms with Gasteiger partial charge in [-0.2, -0.15) is 0 Å². The molecule has 0 amide bonds. The van der Waals surface area contributed by atoms with Crippen LogP contribution in [0.4, 0.5) is 0 Å². The van der Waals surface area contributed by atoms with E-state index in [1.807, 2.05) is 6.92 Å². The van der Waals surface area contributed by atoms with Gasteiger partial charge in [-0.15, -0.1) is 0 Å². The molecule has 0 aromatic heterocycles. The molecule has 0 fully saturated rings. The molecule has 4 heteroatoms. The predicted octanol–water partition coefficient (Wildman–Crippen LogP) is 3.25. The molecule has 0 bridgehead atoms. The lowest BCUT2D eigenvalue weighted by atomic mass is 10.2. The molecule has 0 saturated heterocycles. The molecule has 2 aromatic carbocycles. The minimum absolute atomic E-state index is 0.0707. The molecule has 0 aliphatic heterocycles. The third-order valence-electron chi connectivity index (χ3n) is 2.84. The summed E-state index contributed by atoms with van der Waals surface area (Å²) in [4.78, 5) is 3.75. The summed E-state index contributed by atoms with van der Waals surface area (Å²) >= 11 is 0. The van der Waals surface area contributed by atoms with E-state index < -0.39 is 9.84 Å². The Morgan fingerprint density at radius 1 is 1.05 bits per heavy atom. The first-order valence-electron chi connectivity index (χ1n) is 5.78. The highest BCUT2D eigenvalue weighted by atomic mass is 32.2. The number of hydrogen-bond acceptors (Lipinski definition) is 2. The van der Waals surface area contributed by atoms with Crippen LogP contribution in [-0.4, -0.2) is 8.42 Å². The van der Waals surface area contributed by atoms with Gasteiger partial charge in [0.25, 0.3) is 0 Å². The van der Waals surface area contributed by atoms with Crippen LogP contribution in [0.5, 0.6) is 0 Å². The summed E-state index contributed by atoms with van der Waals surface area (Å²) in [6, 6.07) is 13.4. The van der Waals surface area contributed by atoms with Crippen molar-refractivity contribution in [2.75, 3.05) is 0 Å². The number of hydrogen-bond donors (Lipinski definition) is 0. The monoisotopic (exact) mass is 271 g/mol. The lowest BCUT2D eigenvalue weighted by Gasteiger charge is -2.07. The first-order chi connectivity index (χ1) is 9.05. The fraction of sp³-hybridized carbons (Fsp3) is 0.133. The molecular weight excluding hydrogens is 258 g/mol. The van der Waals surface area contributed by atoms with Gasteiger partial charge in [-0.1, -0.05) is 35.9 Å². The summed E-state index contributed by atoms with van der Waals surface area (Å²) in [5.41, 5.74) is 1.55. The molecule has 2 aromatic rings. The van der Waals surface area contributed by atoms with E-state index in [4.69, 9.17) is 6.57 Å². The molecule has 0 aliphatic rings. The largest absolute Gasteiger partial charge is 0.312 e. The topological polar surface area (TPSA) is 38.5 Å². The van der Waals surface area contributed by atoms with Crippen molar-refractivity contribution >= 4 is 9.84 Å². The standard InChI is InChI=1S/C15H13NO2S/c1-12-7-9-14(10-8-12)19(17,18)15-6-4-3-5-13(15)11-16-2/h3-10H,11H2,1H3. The van der Waals surface area contributed by atoms with E-state index in [9.17, 15) is 8.42 Å². The second-order valence-corrected chi connectivity index (χ2v) is 6.16. The highest BCUT2D eigenvalue weighted by Gasteiger charge is 2.21. The van der Waals surface area contributed by atoms with Gasteiger partial charge in [0.1, 0.15) is 0 Å². The third kappa shape index (κ3) is 2.67. The van der Waals surface area contributed by atoms with E-state index >= 15 is 0 Å². The van der Waals surface area contributed by atoms with Crippen LogP contribution >= 0.6 is 0 Å². The van der Waals surface area contributed by atoms with Gasteiger partial charge < -0.3 is 4.85 Å². The van der Waals surface area contributed by atoms with Crippen LogP contribution in [0, 0.1) is 13.5 Å². The number of sulfone groups is 1. The average molecular weight is 271 g/mol. The molecular formula is C15H13NO2S. The second-order valence-electron chi connectivity index (χ2n) is 4.24. The molecule has 0 radical (unpaired) electrons. The van der Waals surface area contributed by atoms with Gasteiger partial charge in [0.2, 0.25) is 16.4 Å². The summed E-state index contributed by atoms with van der Waals surface area (Å²) in [5.74, 6) is 0. The van der Waals surface area contributed by atoms with Crippen molar-refractivity contribution < 1.29 is 8.42 Å². The molecule has 0 N–H and O–H groups in total. The van der Waals surface area contributed by atoms with Crippen molar-refractivity contribution in [2.45, 2.75) is 23.3 Å². The van der Waals surface area contributed by atoms with E-state index in [0.717, 1.165) is 5.56 Å². The Morgan fingerprint density at radius 2 is 1.68 bits per heavy atom. The lowest BCUT2D eigenvalue weighted by molar-refractivity contribution is 0.595. The number of aryl methyl sites for hydroxylation is 1. The van der Waals surface area contributed by atoms with Crippen molar-refractivity contribution in [1.82, 2.24) is 0 Å². The smallest absolute Gasteiger partial charge is 0.241 e. The molecule has 19 heavy (non-hydrogen) atoms. The Balaban J connectivity index is 2.57. The Morgan fingerprint density at radius 3 is 2.32 bits per heavy atom. The van der Waals surface area contributed by atoms with E-state index in [1.54, 1.807) is 48.5 Å². The minimum atomic E-state index is -3.55. The van der Waals surface area contributed by atoms with Gasteiger partial charge in [0.05, 0.1) is 9.79 Å². The SMILES string of the molecule is [C-]#[N+]Cc1ccccc1S(=O)(=O)c1ccc(C)cc1. The Hall–Kier alpha value is -2.12. The van der Waals surface area contributed by atoms with Gasteiger partial charge >= 0.3 is 0 Å². The third-order valence-corrected chi connectivity index (χ3v) is 4.71. The van der Waals surface area contributed by atoms with E-state index in [0.29, 0.717) is 5.56 Å². The van der Waals surface area contributed by atoms with E-state index in [1.165, 1.54) is 0 Å². The predicted molar refractivity (Wildman–Crippen MR) is 73.4 cm³/mol. The van der Waals surface area contributed by atoms with Crippen LogP contribution in [-0.2, 0) is 16.4 Å². The highest BCUT2D eigenvalue weighted by Crippen LogP contribution is 2.24. The number of rotatable bonds is 3. The maximum Gasteiger partial charge on any atom is 0.241 e. The van der Waals surface area contributed by atoms with E-state index in [2.05, 4.69) is 4.85 Å². The maximum absolute atomic E-state index is 12.5. The first-order valence-corrected chi connectivity index (χ1v) is 7.27. The van der Waals surface area contributed by atoms with Crippen LogP contribution in [0.15, 0.2) is 58.3 Å². The molecule has 0 atom stereocenters. The van der Waals surface area contributed by atoms with Gasteiger partial charge in [-0.3, -0.25) is 0 Å². The molecule has 0 heterocycles. The maximum atomic E-state index is 12.5. The van der Waals surface area contributed by atoms with E-state index in [-0.39, 0.29) is 16.3 Å². The van der Waals surface area contributed by atoms with Crippen molar-refractivity contribution in [2.24, 2.45) is 0 Å². The van der Waals surface area contributed by atoms with Crippen LogP contribution in [0.3, 0.4) is 0 Å². The lowest BCUT2D eigenvalue weighted by Crippen LogP contribution is -2.05. The average Bonchev–Trinajstić information content (AvgIpc) is 2.40. The van der Waals surface area contributed by atoms with Crippen LogP contribution in [0.1, 0.15) is 11.1 Å². The summed E-state index contributed by atoms with van der Waals surface area (Å²) < 4.78 is 25.1. The Labute approximate surface area is 113 Å². The van der Waals surface area contributed by atoms with Crippen LogP contribution < -0.4 is 0 Å². The van der Waals surface area contributed by atoms with Gasteiger partial charge in [0.15, 0.2) is 0 Å². The summed E-state index contributed by atoms with van der Waals surface area (Å²) in [7, 11) is -3.55. The van der Waals surface area contributed by atoms with Gasteiger partial charge in [-0.25, -0.2) is 15.0 Å². The summed E-state index contributed by atoms with van der Waals surface area (Å²) in [6.07, 6.45) is 0. The molecule has 0 unspecified atom stereocenters. The normalized spacial score (nSPS) is 10.9. The number of benzene rings is 2. The second kappa shape index (κ2) is 5.25. The quantitative estimate of drug-likeness (QED) is 0.804. The fourth-order valence-corrected chi connectivity index (χ4v) is 3.31. The zero-order chi connectivity index (χ0) is 13.9. The number of nitrogens with zero attached hydrogens (tertiary/aromatic N) is 1. The molecule has 0 saturated carbocycles. The van der Waals surface area contributed by atoms with Gasteiger partial charge in [-0.05, 0) is 25.1 Å². The van der Waals surface area contributed by atoms with Crippen LogP contribution in [0.2, 0.25) is 0 Å². The molecule has 96 valence electrons. The highest BCUT2D eigenvalue weighted by molar-refractivity contribution is 7.91. The van der Waals surface area contributed by atoms with Crippen molar-refractivity contribution in [1.29, 1.82) is 0 Å². The Kier molecular flexibility index (Phi) is 3.68. The summed E-state index contributed by atoms with van der Waals surface area (Å²) in [5, 5.41) is 0. The van der Waals surface area contributed by atoms with Crippen molar-refractivity contribution in [3.63, 3.8) is 0 Å². The fourth-order valence-electron chi connectivity index (χ4n) is 1.83. The summed E-state index contributed by atoms with van der Waals surface area (Å²) in [6.45, 7) is 8.88. The Bertz CT molecular complexity index is 725. The zero-order valence-corrected chi connectivity index (χ0v) is 11.3. The van der Waals surface area contributed by atoms with Crippen molar-refractivity contribution in [3.05, 3.63) is 71.1 Å². The molecule has 2 rings (SSSR count). The zero-order valence-electron chi connectivity index (χ0n) is 10.5.